The zero-order chi connectivity index (χ0) is 20.4. The molecule has 0 aliphatic carbocycles. The van der Waals surface area contributed by atoms with Gasteiger partial charge in [0.05, 0.1) is 11.6 Å². The summed E-state index contributed by atoms with van der Waals surface area (Å²) in [6, 6.07) is 14.8. The van der Waals surface area contributed by atoms with Crippen LogP contribution in [-0.4, -0.2) is 58.5 Å². The van der Waals surface area contributed by atoms with Crippen LogP contribution >= 0.6 is 0 Å². The van der Waals surface area contributed by atoms with Gasteiger partial charge in [0.25, 0.3) is 5.91 Å². The van der Waals surface area contributed by atoms with Crippen molar-refractivity contribution in [1.82, 2.24) is 14.8 Å². The van der Waals surface area contributed by atoms with Gasteiger partial charge in [0.2, 0.25) is 0 Å². The fourth-order valence-electron chi connectivity index (χ4n) is 4.64. The molecule has 0 N–H and O–H groups in total. The predicted molar refractivity (Wildman–Crippen MR) is 114 cm³/mol. The maximum absolute atomic E-state index is 12.8. The molecule has 3 heterocycles. The minimum atomic E-state index is 0.0994. The summed E-state index contributed by atoms with van der Waals surface area (Å²) < 4.78 is 6.32. The van der Waals surface area contributed by atoms with Gasteiger partial charge < -0.3 is 9.64 Å². The zero-order valence-corrected chi connectivity index (χ0v) is 17.6. The van der Waals surface area contributed by atoms with Crippen molar-refractivity contribution >= 4 is 5.91 Å². The van der Waals surface area contributed by atoms with E-state index in [1.54, 1.807) is 6.20 Å². The summed E-state index contributed by atoms with van der Waals surface area (Å²) >= 11 is 0. The smallest absolute Gasteiger partial charge is 0.255 e. The summed E-state index contributed by atoms with van der Waals surface area (Å²) in [4.78, 5) is 21.6. The maximum Gasteiger partial charge on any atom is 0.255 e. The van der Waals surface area contributed by atoms with Crippen LogP contribution in [0.2, 0.25) is 0 Å². The molecule has 5 nitrogen and oxygen atoms in total. The molecule has 2 aromatic rings. The molecule has 2 atom stereocenters. The molecule has 0 unspecified atom stereocenters. The van der Waals surface area contributed by atoms with Gasteiger partial charge in [0, 0.05) is 37.6 Å². The molecule has 1 amide bonds. The standard InChI is InChI=1S/C24H31N3O2/c1-17(2)27-16-22(29-21-7-5-4-6-8-21)23(27)19-11-13-26(14-12-19)24(28)20-10-9-18(3)25-15-20/h4-10,15,17,19,22-23H,11-14,16H2,1-3H3/t22-,23-/m0/s1. The van der Waals surface area contributed by atoms with Crippen LogP contribution in [0.1, 0.15) is 42.7 Å². The van der Waals surface area contributed by atoms with Crippen molar-refractivity contribution in [3.05, 3.63) is 59.9 Å². The SMILES string of the molecule is Cc1ccc(C(=O)N2CCC([C@H]3[C@@H](Oc4ccccc4)CN3C(C)C)CC2)cn1. The lowest BCUT2D eigenvalue weighted by molar-refractivity contribution is -0.0983. The van der Waals surface area contributed by atoms with Crippen LogP contribution in [0.15, 0.2) is 48.7 Å². The van der Waals surface area contributed by atoms with Gasteiger partial charge >= 0.3 is 0 Å². The van der Waals surface area contributed by atoms with Crippen LogP contribution in [0.4, 0.5) is 0 Å². The predicted octanol–water partition coefficient (Wildman–Crippen LogP) is 3.78. The number of pyridine rings is 1. The van der Waals surface area contributed by atoms with Crippen LogP contribution in [0.25, 0.3) is 0 Å². The molecular weight excluding hydrogens is 362 g/mol. The molecule has 2 fully saturated rings. The molecular formula is C24H31N3O2. The monoisotopic (exact) mass is 393 g/mol. The van der Waals surface area contributed by atoms with Crippen molar-refractivity contribution in [3.63, 3.8) is 0 Å². The fraction of sp³-hybridized carbons (Fsp3) is 0.500. The Kier molecular flexibility index (Phi) is 5.86. The van der Waals surface area contributed by atoms with Crippen molar-refractivity contribution < 1.29 is 9.53 Å². The third-order valence-corrected chi connectivity index (χ3v) is 6.32. The Bertz CT molecular complexity index is 814. The number of amides is 1. The number of para-hydroxylation sites is 1. The highest BCUT2D eigenvalue weighted by atomic mass is 16.5. The van der Waals surface area contributed by atoms with Gasteiger partial charge in [-0.05, 0) is 63.8 Å². The number of carbonyl (C=O) groups excluding carboxylic acids is 1. The van der Waals surface area contributed by atoms with Gasteiger partial charge in [-0.25, -0.2) is 0 Å². The molecule has 0 saturated carbocycles. The molecule has 2 aliphatic heterocycles. The third-order valence-electron chi connectivity index (χ3n) is 6.32. The number of aromatic nitrogens is 1. The first kappa shape index (κ1) is 19.9. The van der Waals surface area contributed by atoms with Crippen molar-refractivity contribution in [2.24, 2.45) is 5.92 Å². The summed E-state index contributed by atoms with van der Waals surface area (Å²) in [5, 5.41) is 0. The Morgan fingerprint density at radius 1 is 1.10 bits per heavy atom. The van der Waals surface area contributed by atoms with Gasteiger partial charge in [0.15, 0.2) is 0 Å². The minimum Gasteiger partial charge on any atom is -0.487 e. The highest BCUT2D eigenvalue weighted by Gasteiger charge is 2.47. The van der Waals surface area contributed by atoms with E-state index in [4.69, 9.17) is 4.74 Å². The second kappa shape index (κ2) is 8.54. The molecule has 1 aromatic carbocycles. The molecule has 4 rings (SSSR count). The average molecular weight is 394 g/mol. The number of piperidine rings is 1. The third kappa shape index (κ3) is 4.30. The summed E-state index contributed by atoms with van der Waals surface area (Å²) in [6.07, 6.45) is 3.97. The molecule has 2 aliphatic rings. The van der Waals surface area contributed by atoms with Crippen LogP contribution in [0, 0.1) is 12.8 Å². The van der Waals surface area contributed by atoms with Gasteiger partial charge in [-0.3, -0.25) is 14.7 Å². The lowest BCUT2D eigenvalue weighted by Gasteiger charge is -2.54. The van der Waals surface area contributed by atoms with Crippen molar-refractivity contribution in [2.45, 2.75) is 51.8 Å². The Balaban J connectivity index is 1.38. The number of aryl methyl sites for hydroxylation is 1. The topological polar surface area (TPSA) is 45.7 Å². The van der Waals surface area contributed by atoms with E-state index in [1.807, 2.05) is 54.3 Å². The number of likely N-dealkylation sites (tertiary alicyclic amines) is 2. The van der Waals surface area contributed by atoms with Crippen molar-refractivity contribution in [3.8, 4) is 5.75 Å². The summed E-state index contributed by atoms with van der Waals surface area (Å²) in [7, 11) is 0. The van der Waals surface area contributed by atoms with Gasteiger partial charge in [-0.2, -0.15) is 0 Å². The number of hydrogen-bond donors (Lipinski definition) is 0. The molecule has 0 radical (unpaired) electrons. The highest BCUT2D eigenvalue weighted by molar-refractivity contribution is 5.94. The Morgan fingerprint density at radius 2 is 1.83 bits per heavy atom. The number of rotatable bonds is 5. The van der Waals surface area contributed by atoms with Gasteiger partial charge in [0.1, 0.15) is 11.9 Å². The first-order valence-electron chi connectivity index (χ1n) is 10.7. The van der Waals surface area contributed by atoms with E-state index < -0.39 is 0 Å². The lowest BCUT2D eigenvalue weighted by Crippen LogP contribution is -2.68. The average Bonchev–Trinajstić information content (AvgIpc) is 2.72. The van der Waals surface area contributed by atoms with Crippen LogP contribution in [-0.2, 0) is 0 Å². The second-order valence-electron chi connectivity index (χ2n) is 8.57. The quantitative estimate of drug-likeness (QED) is 0.776. The fourth-order valence-corrected chi connectivity index (χ4v) is 4.64. The normalized spacial score (nSPS) is 23.1. The lowest BCUT2D eigenvalue weighted by atomic mass is 9.79. The Morgan fingerprint density at radius 3 is 2.45 bits per heavy atom. The van der Waals surface area contributed by atoms with Crippen molar-refractivity contribution in [2.75, 3.05) is 19.6 Å². The molecule has 29 heavy (non-hydrogen) atoms. The van der Waals surface area contributed by atoms with E-state index in [-0.39, 0.29) is 12.0 Å². The van der Waals surface area contributed by atoms with E-state index in [2.05, 4.69) is 23.7 Å². The van der Waals surface area contributed by atoms with Crippen molar-refractivity contribution in [1.29, 1.82) is 0 Å². The number of benzene rings is 1. The van der Waals surface area contributed by atoms with Gasteiger partial charge in [-0.1, -0.05) is 18.2 Å². The van der Waals surface area contributed by atoms with E-state index in [1.165, 1.54) is 0 Å². The van der Waals surface area contributed by atoms with Crippen LogP contribution in [0.3, 0.4) is 0 Å². The highest BCUT2D eigenvalue weighted by Crippen LogP contribution is 2.36. The van der Waals surface area contributed by atoms with E-state index in [0.29, 0.717) is 23.6 Å². The number of carbonyl (C=O) groups is 1. The van der Waals surface area contributed by atoms with Crippen LogP contribution < -0.4 is 4.74 Å². The molecule has 154 valence electrons. The summed E-state index contributed by atoms with van der Waals surface area (Å²) in [5.41, 5.74) is 1.62. The van der Waals surface area contributed by atoms with E-state index >= 15 is 0 Å². The zero-order valence-electron chi connectivity index (χ0n) is 17.6. The van der Waals surface area contributed by atoms with Gasteiger partial charge in [-0.15, -0.1) is 0 Å². The Labute approximate surface area is 173 Å². The second-order valence-corrected chi connectivity index (χ2v) is 8.57. The first-order valence-corrected chi connectivity index (χ1v) is 10.7. The number of nitrogens with zero attached hydrogens (tertiary/aromatic N) is 3. The van der Waals surface area contributed by atoms with E-state index in [9.17, 15) is 4.79 Å². The number of ether oxygens (including phenoxy) is 1. The summed E-state index contributed by atoms with van der Waals surface area (Å²) in [5.74, 6) is 1.60. The molecule has 0 bridgehead atoms. The molecule has 1 aromatic heterocycles. The number of hydrogen-bond acceptors (Lipinski definition) is 4. The van der Waals surface area contributed by atoms with E-state index in [0.717, 1.165) is 43.9 Å². The van der Waals surface area contributed by atoms with Crippen LogP contribution in [0.5, 0.6) is 5.75 Å². The Hall–Kier alpha value is -2.40. The first-order chi connectivity index (χ1) is 14.0. The molecule has 5 heteroatoms. The molecule has 2 saturated heterocycles. The largest absolute Gasteiger partial charge is 0.487 e. The summed E-state index contributed by atoms with van der Waals surface area (Å²) in [6.45, 7) is 9.04. The molecule has 0 spiro atoms. The maximum atomic E-state index is 12.8. The minimum absolute atomic E-state index is 0.0994.